The van der Waals surface area contributed by atoms with Crippen LogP contribution in [0.5, 0.6) is 0 Å². The Hall–Kier alpha value is -1.13. The molecule has 0 spiro atoms. The van der Waals surface area contributed by atoms with E-state index in [0.717, 1.165) is 26.0 Å². The van der Waals surface area contributed by atoms with E-state index in [1.54, 1.807) is 16.2 Å². The van der Waals surface area contributed by atoms with Gasteiger partial charge in [-0.15, -0.1) is 11.3 Å². The third kappa shape index (κ3) is 3.30. The highest BCUT2D eigenvalue weighted by Gasteiger charge is 2.17. The predicted molar refractivity (Wildman–Crippen MR) is 88.5 cm³/mol. The molecule has 0 unspecified atom stereocenters. The molecular formula is C16H18BrNOS. The lowest BCUT2D eigenvalue weighted by molar-refractivity contribution is 0.0784. The van der Waals surface area contributed by atoms with Crippen LogP contribution in [-0.4, -0.2) is 17.9 Å². The van der Waals surface area contributed by atoms with Crippen molar-refractivity contribution in [3.8, 4) is 0 Å². The number of amides is 1. The highest BCUT2D eigenvalue weighted by molar-refractivity contribution is 9.11. The number of hydrogen-bond acceptors (Lipinski definition) is 2. The van der Waals surface area contributed by atoms with Gasteiger partial charge in [0.1, 0.15) is 0 Å². The van der Waals surface area contributed by atoms with Crippen LogP contribution in [0.3, 0.4) is 0 Å². The molecule has 1 aromatic heterocycles. The Labute approximate surface area is 132 Å². The Morgan fingerprint density at radius 2 is 1.80 bits per heavy atom. The van der Waals surface area contributed by atoms with Crippen molar-refractivity contribution in [3.63, 3.8) is 0 Å². The Morgan fingerprint density at radius 1 is 1.20 bits per heavy atom. The van der Waals surface area contributed by atoms with Gasteiger partial charge in [0.2, 0.25) is 0 Å². The maximum absolute atomic E-state index is 12.6. The van der Waals surface area contributed by atoms with Crippen molar-refractivity contribution in [2.24, 2.45) is 0 Å². The van der Waals surface area contributed by atoms with E-state index < -0.39 is 0 Å². The van der Waals surface area contributed by atoms with Crippen LogP contribution >= 0.6 is 27.3 Å². The van der Waals surface area contributed by atoms with Gasteiger partial charge in [0, 0.05) is 19.2 Å². The van der Waals surface area contributed by atoms with E-state index in [9.17, 15) is 4.79 Å². The summed E-state index contributed by atoms with van der Waals surface area (Å²) < 4.78 is 1.09. The molecule has 0 bridgehead atoms. The average molecular weight is 352 g/mol. The topological polar surface area (TPSA) is 20.3 Å². The molecule has 0 saturated heterocycles. The molecule has 2 rings (SSSR count). The standard InChI is InChI=1S/C16H18BrNOS/c1-10-5-11(2)15(12(3)6-10)16(19)18(4)8-13-7-14(17)20-9-13/h5-7,9H,8H2,1-4H3. The van der Waals surface area contributed by atoms with Crippen molar-refractivity contribution in [2.45, 2.75) is 27.3 Å². The minimum Gasteiger partial charge on any atom is -0.337 e. The van der Waals surface area contributed by atoms with E-state index in [1.807, 2.05) is 20.9 Å². The fraction of sp³-hybridized carbons (Fsp3) is 0.312. The summed E-state index contributed by atoms with van der Waals surface area (Å²) in [5.74, 6) is 0.0855. The third-order valence-electron chi connectivity index (χ3n) is 3.28. The van der Waals surface area contributed by atoms with Crippen LogP contribution in [0.25, 0.3) is 0 Å². The van der Waals surface area contributed by atoms with Crippen LogP contribution in [0.15, 0.2) is 27.4 Å². The summed E-state index contributed by atoms with van der Waals surface area (Å²) in [6.07, 6.45) is 0. The fourth-order valence-corrected chi connectivity index (χ4v) is 3.68. The number of nitrogens with zero attached hydrogens (tertiary/aromatic N) is 1. The summed E-state index contributed by atoms with van der Waals surface area (Å²) in [7, 11) is 1.85. The normalized spacial score (nSPS) is 10.7. The number of aryl methyl sites for hydroxylation is 3. The van der Waals surface area contributed by atoms with Gasteiger partial charge in [-0.3, -0.25) is 4.79 Å². The number of rotatable bonds is 3. The van der Waals surface area contributed by atoms with Crippen molar-refractivity contribution in [2.75, 3.05) is 7.05 Å². The molecule has 106 valence electrons. The summed E-state index contributed by atoms with van der Waals surface area (Å²) in [6, 6.07) is 6.19. The van der Waals surface area contributed by atoms with E-state index in [0.29, 0.717) is 6.54 Å². The molecule has 0 N–H and O–H groups in total. The van der Waals surface area contributed by atoms with E-state index in [-0.39, 0.29) is 5.91 Å². The number of carbonyl (C=O) groups is 1. The molecule has 0 aliphatic carbocycles. The molecule has 2 aromatic rings. The average Bonchev–Trinajstić information content (AvgIpc) is 2.73. The second kappa shape index (κ2) is 6.10. The Balaban J connectivity index is 2.23. The number of benzene rings is 1. The molecule has 2 nitrogen and oxygen atoms in total. The second-order valence-electron chi connectivity index (χ2n) is 5.19. The van der Waals surface area contributed by atoms with Gasteiger partial charge in [0.05, 0.1) is 3.79 Å². The lowest BCUT2D eigenvalue weighted by Gasteiger charge is -2.19. The summed E-state index contributed by atoms with van der Waals surface area (Å²) in [5.41, 5.74) is 5.27. The van der Waals surface area contributed by atoms with Crippen molar-refractivity contribution < 1.29 is 4.79 Å². The Kier molecular flexibility index (Phi) is 4.66. The van der Waals surface area contributed by atoms with Crippen LogP contribution < -0.4 is 0 Å². The van der Waals surface area contributed by atoms with Crippen molar-refractivity contribution >= 4 is 33.2 Å². The molecular weight excluding hydrogens is 334 g/mol. The van der Waals surface area contributed by atoms with Crippen LogP contribution in [0, 0.1) is 20.8 Å². The first-order valence-corrected chi connectivity index (χ1v) is 8.12. The maximum Gasteiger partial charge on any atom is 0.254 e. The largest absolute Gasteiger partial charge is 0.337 e. The number of halogens is 1. The number of thiophene rings is 1. The van der Waals surface area contributed by atoms with Crippen molar-refractivity contribution in [3.05, 3.63) is 55.2 Å². The van der Waals surface area contributed by atoms with Crippen molar-refractivity contribution in [1.29, 1.82) is 0 Å². The van der Waals surface area contributed by atoms with E-state index in [4.69, 9.17) is 0 Å². The van der Waals surface area contributed by atoms with Crippen LogP contribution in [-0.2, 0) is 6.54 Å². The highest BCUT2D eigenvalue weighted by atomic mass is 79.9. The molecule has 0 fully saturated rings. The smallest absolute Gasteiger partial charge is 0.254 e. The first kappa shape index (κ1) is 15.3. The zero-order valence-corrected chi connectivity index (χ0v) is 14.6. The molecule has 1 amide bonds. The number of carbonyl (C=O) groups excluding carboxylic acids is 1. The molecule has 0 saturated carbocycles. The SMILES string of the molecule is Cc1cc(C)c(C(=O)N(C)Cc2csc(Br)c2)c(C)c1. The molecule has 0 aliphatic heterocycles. The lowest BCUT2D eigenvalue weighted by atomic mass is 9.99. The summed E-state index contributed by atoms with van der Waals surface area (Å²) in [4.78, 5) is 14.4. The minimum atomic E-state index is 0.0855. The number of hydrogen-bond donors (Lipinski definition) is 0. The van der Waals surface area contributed by atoms with Gasteiger partial charge in [-0.05, 0) is 64.8 Å². The highest BCUT2D eigenvalue weighted by Crippen LogP contribution is 2.23. The lowest BCUT2D eigenvalue weighted by Crippen LogP contribution is -2.27. The monoisotopic (exact) mass is 351 g/mol. The Morgan fingerprint density at radius 3 is 2.30 bits per heavy atom. The zero-order chi connectivity index (χ0) is 14.9. The first-order chi connectivity index (χ1) is 9.38. The summed E-state index contributed by atoms with van der Waals surface area (Å²) >= 11 is 5.09. The molecule has 0 aliphatic rings. The summed E-state index contributed by atoms with van der Waals surface area (Å²) in [6.45, 7) is 6.69. The Bertz CT molecular complexity index is 625. The first-order valence-electron chi connectivity index (χ1n) is 6.44. The van der Waals surface area contributed by atoms with Gasteiger partial charge >= 0.3 is 0 Å². The maximum atomic E-state index is 12.6. The van der Waals surface area contributed by atoms with Gasteiger partial charge in [0.15, 0.2) is 0 Å². The van der Waals surface area contributed by atoms with Gasteiger partial charge in [-0.1, -0.05) is 17.7 Å². The van der Waals surface area contributed by atoms with Crippen LogP contribution in [0.1, 0.15) is 32.6 Å². The minimum absolute atomic E-state index is 0.0855. The van der Waals surface area contributed by atoms with E-state index in [2.05, 4.69) is 46.4 Å². The van der Waals surface area contributed by atoms with Gasteiger partial charge in [-0.2, -0.15) is 0 Å². The second-order valence-corrected chi connectivity index (χ2v) is 7.48. The molecule has 0 radical (unpaired) electrons. The van der Waals surface area contributed by atoms with Gasteiger partial charge < -0.3 is 4.90 Å². The van der Waals surface area contributed by atoms with Gasteiger partial charge in [0.25, 0.3) is 5.91 Å². The zero-order valence-electron chi connectivity index (χ0n) is 12.2. The third-order valence-corrected chi connectivity index (χ3v) is 4.83. The van der Waals surface area contributed by atoms with Crippen LogP contribution in [0.2, 0.25) is 0 Å². The fourth-order valence-electron chi connectivity index (χ4n) is 2.48. The quantitative estimate of drug-likeness (QED) is 0.784. The molecule has 20 heavy (non-hydrogen) atoms. The summed E-state index contributed by atoms with van der Waals surface area (Å²) in [5, 5.41) is 2.07. The van der Waals surface area contributed by atoms with Crippen molar-refractivity contribution in [1.82, 2.24) is 4.90 Å². The van der Waals surface area contributed by atoms with E-state index >= 15 is 0 Å². The molecule has 0 atom stereocenters. The molecule has 4 heteroatoms. The predicted octanol–water partition coefficient (Wildman–Crippen LogP) is 4.71. The molecule has 1 aromatic carbocycles. The van der Waals surface area contributed by atoms with E-state index in [1.165, 1.54) is 5.56 Å². The van der Waals surface area contributed by atoms with Crippen LogP contribution in [0.4, 0.5) is 0 Å². The molecule has 1 heterocycles. The van der Waals surface area contributed by atoms with Gasteiger partial charge in [-0.25, -0.2) is 0 Å².